The van der Waals surface area contributed by atoms with Crippen molar-refractivity contribution in [3.8, 4) is 11.5 Å². The molecule has 7 nitrogen and oxygen atoms in total. The van der Waals surface area contributed by atoms with Crippen LogP contribution in [0.25, 0.3) is 0 Å². The largest absolute Gasteiger partial charge is 0.493 e. The Morgan fingerprint density at radius 3 is 2.46 bits per heavy atom. The van der Waals surface area contributed by atoms with Gasteiger partial charge in [-0.05, 0) is 57.7 Å². The monoisotopic (exact) mass is 393 g/mol. The predicted octanol–water partition coefficient (Wildman–Crippen LogP) is 3.58. The summed E-state index contributed by atoms with van der Waals surface area (Å²) in [5, 5.41) is 0. The lowest BCUT2D eigenvalue weighted by Gasteiger charge is -2.35. The molecule has 7 heteroatoms. The number of carbonyl (C=O) groups excluding carboxylic acids is 2. The maximum absolute atomic E-state index is 12.6. The fourth-order valence-corrected chi connectivity index (χ4v) is 3.12. The number of likely N-dealkylation sites (tertiary alicyclic amines) is 1. The fourth-order valence-electron chi connectivity index (χ4n) is 3.12. The summed E-state index contributed by atoms with van der Waals surface area (Å²) in [6, 6.07) is 5.00. The Hall–Kier alpha value is -2.44. The zero-order valence-electron chi connectivity index (χ0n) is 17.4. The first-order chi connectivity index (χ1) is 13.2. The molecular formula is C21H31NO6. The van der Waals surface area contributed by atoms with Crippen molar-refractivity contribution >= 4 is 12.1 Å². The van der Waals surface area contributed by atoms with Crippen LogP contribution < -0.4 is 9.47 Å². The number of carbonyl (C=O) groups is 2. The molecule has 0 spiro atoms. The minimum absolute atomic E-state index is 0.229. The predicted molar refractivity (Wildman–Crippen MR) is 105 cm³/mol. The number of benzene rings is 1. The van der Waals surface area contributed by atoms with Gasteiger partial charge in [-0.3, -0.25) is 4.90 Å². The van der Waals surface area contributed by atoms with Crippen molar-refractivity contribution in [2.75, 3.05) is 27.4 Å². The lowest BCUT2D eigenvalue weighted by molar-refractivity contribution is -0.151. The fraction of sp³-hybridized carbons (Fsp3) is 0.619. The van der Waals surface area contributed by atoms with Gasteiger partial charge >= 0.3 is 12.1 Å². The molecule has 0 aromatic heterocycles. The van der Waals surface area contributed by atoms with Crippen LogP contribution in [-0.2, 0) is 20.7 Å². The van der Waals surface area contributed by atoms with Gasteiger partial charge in [0, 0.05) is 13.0 Å². The summed E-state index contributed by atoms with van der Waals surface area (Å²) in [5.74, 6) is 0.902. The number of hydrogen-bond acceptors (Lipinski definition) is 6. The number of nitrogens with zero attached hydrogens (tertiary/aromatic N) is 1. The minimum Gasteiger partial charge on any atom is -0.493 e. The molecule has 1 aliphatic heterocycles. The average molecular weight is 393 g/mol. The Morgan fingerprint density at radius 2 is 1.82 bits per heavy atom. The third-order valence-corrected chi connectivity index (χ3v) is 4.49. The molecule has 2 rings (SSSR count). The van der Waals surface area contributed by atoms with Gasteiger partial charge in [-0.25, -0.2) is 9.59 Å². The highest BCUT2D eigenvalue weighted by atomic mass is 16.6. The highest BCUT2D eigenvalue weighted by molar-refractivity contribution is 5.81. The molecule has 1 amide bonds. The minimum atomic E-state index is -0.601. The first kappa shape index (κ1) is 21.9. The molecule has 1 heterocycles. The molecule has 1 unspecified atom stereocenters. The van der Waals surface area contributed by atoms with Crippen LogP contribution in [0.4, 0.5) is 4.79 Å². The van der Waals surface area contributed by atoms with E-state index in [2.05, 4.69) is 0 Å². The van der Waals surface area contributed by atoms with Crippen molar-refractivity contribution in [2.24, 2.45) is 0 Å². The van der Waals surface area contributed by atoms with Gasteiger partial charge in [-0.2, -0.15) is 0 Å². The summed E-state index contributed by atoms with van der Waals surface area (Å²) in [6.07, 6.45) is 2.41. The maximum atomic E-state index is 12.6. The summed E-state index contributed by atoms with van der Waals surface area (Å²) in [7, 11) is 3.16. The van der Waals surface area contributed by atoms with Crippen molar-refractivity contribution in [1.29, 1.82) is 0 Å². The quantitative estimate of drug-likeness (QED) is 0.688. The topological polar surface area (TPSA) is 74.3 Å². The SMILES string of the molecule is COc1ccc(CCOC(=O)C2CCCCN2C(=O)OC(C)(C)C)cc1OC. The number of rotatable bonds is 6. The van der Waals surface area contributed by atoms with E-state index in [1.165, 1.54) is 4.90 Å². The normalized spacial score (nSPS) is 17.0. The van der Waals surface area contributed by atoms with Gasteiger partial charge in [0.1, 0.15) is 11.6 Å². The van der Waals surface area contributed by atoms with Gasteiger partial charge in [0.05, 0.1) is 20.8 Å². The lowest BCUT2D eigenvalue weighted by atomic mass is 10.0. The van der Waals surface area contributed by atoms with Crippen LogP contribution in [0.5, 0.6) is 11.5 Å². The Balaban J connectivity index is 1.92. The van der Waals surface area contributed by atoms with E-state index in [0.717, 1.165) is 18.4 Å². The molecule has 0 saturated carbocycles. The van der Waals surface area contributed by atoms with Crippen molar-refractivity contribution in [1.82, 2.24) is 4.90 Å². The zero-order chi connectivity index (χ0) is 20.7. The number of esters is 1. The van der Waals surface area contributed by atoms with Gasteiger partial charge in [-0.1, -0.05) is 6.07 Å². The van der Waals surface area contributed by atoms with Gasteiger partial charge in [-0.15, -0.1) is 0 Å². The van der Waals surface area contributed by atoms with Crippen LogP contribution in [0.1, 0.15) is 45.6 Å². The second kappa shape index (κ2) is 9.66. The number of methoxy groups -OCH3 is 2. The summed E-state index contributed by atoms with van der Waals surface area (Å²) >= 11 is 0. The van der Waals surface area contributed by atoms with E-state index in [0.29, 0.717) is 30.9 Å². The molecular weight excluding hydrogens is 362 g/mol. The summed E-state index contributed by atoms with van der Waals surface area (Å²) in [4.78, 5) is 26.5. The third kappa shape index (κ3) is 6.04. The molecule has 1 aromatic carbocycles. The number of ether oxygens (including phenoxy) is 4. The molecule has 0 radical (unpaired) electrons. The molecule has 1 saturated heterocycles. The Bertz CT molecular complexity index is 682. The number of amides is 1. The van der Waals surface area contributed by atoms with Crippen LogP contribution in [0.15, 0.2) is 18.2 Å². The summed E-state index contributed by atoms with van der Waals surface area (Å²) < 4.78 is 21.4. The second-order valence-electron chi connectivity index (χ2n) is 7.79. The lowest BCUT2D eigenvalue weighted by Crippen LogP contribution is -2.50. The number of hydrogen-bond donors (Lipinski definition) is 0. The van der Waals surface area contributed by atoms with Crippen LogP contribution in [0.3, 0.4) is 0 Å². The molecule has 0 aliphatic carbocycles. The van der Waals surface area contributed by atoms with E-state index in [1.807, 2.05) is 39.0 Å². The molecule has 1 aliphatic rings. The van der Waals surface area contributed by atoms with E-state index in [9.17, 15) is 9.59 Å². The number of piperidine rings is 1. The van der Waals surface area contributed by atoms with Gasteiger partial charge in [0.25, 0.3) is 0 Å². The van der Waals surface area contributed by atoms with Crippen LogP contribution >= 0.6 is 0 Å². The van der Waals surface area contributed by atoms with E-state index in [1.54, 1.807) is 14.2 Å². The maximum Gasteiger partial charge on any atom is 0.411 e. The van der Waals surface area contributed by atoms with E-state index in [-0.39, 0.29) is 12.6 Å². The Kier molecular flexibility index (Phi) is 7.54. The molecule has 156 valence electrons. The average Bonchev–Trinajstić information content (AvgIpc) is 2.66. The smallest absolute Gasteiger partial charge is 0.411 e. The van der Waals surface area contributed by atoms with Gasteiger partial charge in [0.15, 0.2) is 11.5 Å². The molecule has 28 heavy (non-hydrogen) atoms. The highest BCUT2D eigenvalue weighted by Crippen LogP contribution is 2.28. The van der Waals surface area contributed by atoms with Crippen molar-refractivity contribution < 1.29 is 28.5 Å². The highest BCUT2D eigenvalue weighted by Gasteiger charge is 2.35. The molecule has 0 bridgehead atoms. The second-order valence-corrected chi connectivity index (χ2v) is 7.79. The molecule has 1 fully saturated rings. The van der Waals surface area contributed by atoms with E-state index >= 15 is 0 Å². The Morgan fingerprint density at radius 1 is 1.11 bits per heavy atom. The molecule has 1 aromatic rings. The van der Waals surface area contributed by atoms with Gasteiger partial charge in [0.2, 0.25) is 0 Å². The van der Waals surface area contributed by atoms with E-state index < -0.39 is 17.7 Å². The first-order valence-electron chi connectivity index (χ1n) is 9.62. The van der Waals surface area contributed by atoms with E-state index in [4.69, 9.17) is 18.9 Å². The van der Waals surface area contributed by atoms with Crippen molar-refractivity contribution in [3.05, 3.63) is 23.8 Å². The van der Waals surface area contributed by atoms with Gasteiger partial charge < -0.3 is 18.9 Å². The first-order valence-corrected chi connectivity index (χ1v) is 9.62. The molecule has 1 atom stereocenters. The summed E-state index contributed by atoms with van der Waals surface area (Å²) in [6.45, 7) is 6.17. The summed E-state index contributed by atoms with van der Waals surface area (Å²) in [5.41, 5.74) is 0.370. The van der Waals surface area contributed by atoms with Crippen molar-refractivity contribution in [3.63, 3.8) is 0 Å². The van der Waals surface area contributed by atoms with Crippen LogP contribution in [0.2, 0.25) is 0 Å². The van der Waals surface area contributed by atoms with Crippen molar-refractivity contribution in [2.45, 2.75) is 58.1 Å². The van der Waals surface area contributed by atoms with Crippen LogP contribution in [-0.4, -0.2) is 56.0 Å². The zero-order valence-corrected chi connectivity index (χ0v) is 17.4. The third-order valence-electron chi connectivity index (χ3n) is 4.49. The standard InChI is InChI=1S/C21H31NO6/c1-21(2,3)28-20(24)22-12-7-6-8-16(22)19(23)27-13-11-15-9-10-17(25-4)18(14-15)26-5/h9-10,14,16H,6-8,11-13H2,1-5H3. The molecule has 0 N–H and O–H groups in total. The van der Waals surface area contributed by atoms with Crippen LogP contribution in [0, 0.1) is 0 Å². The Labute approximate surface area is 166 Å².